The molecule has 2 aliphatic carbocycles. The van der Waals surface area contributed by atoms with Gasteiger partial charge in [0.05, 0.1) is 12.2 Å². The Morgan fingerprint density at radius 1 is 0.688 bits per heavy atom. The summed E-state index contributed by atoms with van der Waals surface area (Å²) >= 11 is 0. The Kier molecular flexibility index (Phi) is 2.20. The third-order valence-electron chi connectivity index (χ3n) is 3.48. The number of aliphatic hydroxyl groups excluding tert-OH is 2. The van der Waals surface area contributed by atoms with Crippen LogP contribution in [0.1, 0.15) is 23.0 Å². The fraction of sp³-hybridized carbons (Fsp3) is 0.286. The monoisotopic (exact) mass is 214 g/mol. The molecule has 16 heavy (non-hydrogen) atoms. The smallest absolute Gasteiger partial charge is 0.0824 e. The van der Waals surface area contributed by atoms with Gasteiger partial charge in [0.15, 0.2) is 0 Å². The Hall–Kier alpha value is -1.38. The van der Waals surface area contributed by atoms with Gasteiger partial charge >= 0.3 is 0 Å². The fourth-order valence-electron chi connectivity index (χ4n) is 2.63. The van der Waals surface area contributed by atoms with E-state index in [2.05, 4.69) is 0 Å². The van der Waals surface area contributed by atoms with Gasteiger partial charge in [0.2, 0.25) is 0 Å². The molecule has 2 N–H and O–H groups in total. The normalized spacial score (nSPS) is 35.6. The summed E-state index contributed by atoms with van der Waals surface area (Å²) in [4.78, 5) is 0. The molecule has 0 aromatic heterocycles. The zero-order chi connectivity index (χ0) is 11.1. The SMILES string of the molecule is O[C@H]1C=C[C@H]2c3ccccc3[C@@H]1C=C[C@@H]2O. The summed E-state index contributed by atoms with van der Waals surface area (Å²) in [6, 6.07) is 8.02. The third kappa shape index (κ3) is 1.34. The fourth-order valence-corrected chi connectivity index (χ4v) is 2.63. The number of hydrogen-bond acceptors (Lipinski definition) is 2. The summed E-state index contributed by atoms with van der Waals surface area (Å²) in [5.74, 6) is -0.0656. The quantitative estimate of drug-likeness (QED) is 0.645. The van der Waals surface area contributed by atoms with Crippen molar-refractivity contribution in [2.45, 2.75) is 24.0 Å². The van der Waals surface area contributed by atoms with Crippen molar-refractivity contribution in [3.63, 3.8) is 0 Å². The van der Waals surface area contributed by atoms with E-state index in [4.69, 9.17) is 0 Å². The topological polar surface area (TPSA) is 40.5 Å². The van der Waals surface area contributed by atoms with Gasteiger partial charge in [-0.1, -0.05) is 48.6 Å². The highest BCUT2D eigenvalue weighted by molar-refractivity contribution is 5.45. The maximum absolute atomic E-state index is 10.0. The van der Waals surface area contributed by atoms with Gasteiger partial charge in [-0.3, -0.25) is 0 Å². The van der Waals surface area contributed by atoms with Crippen molar-refractivity contribution < 1.29 is 10.2 Å². The van der Waals surface area contributed by atoms with Crippen LogP contribution in [-0.2, 0) is 0 Å². The van der Waals surface area contributed by atoms with Crippen LogP contribution in [0.5, 0.6) is 0 Å². The van der Waals surface area contributed by atoms with Crippen molar-refractivity contribution in [2.75, 3.05) is 0 Å². The molecule has 2 bridgehead atoms. The van der Waals surface area contributed by atoms with Crippen molar-refractivity contribution in [3.05, 3.63) is 59.7 Å². The van der Waals surface area contributed by atoms with Crippen LogP contribution in [0.3, 0.4) is 0 Å². The lowest BCUT2D eigenvalue weighted by Crippen LogP contribution is -2.15. The predicted octanol–water partition coefficient (Wildman–Crippen LogP) is 1.72. The summed E-state index contributed by atoms with van der Waals surface area (Å²) in [5.41, 5.74) is 2.25. The minimum atomic E-state index is -0.491. The zero-order valence-electron chi connectivity index (χ0n) is 8.82. The summed E-state index contributed by atoms with van der Waals surface area (Å²) in [5, 5.41) is 20.0. The maximum Gasteiger partial charge on any atom is 0.0824 e. The lowest BCUT2D eigenvalue weighted by Gasteiger charge is -2.18. The van der Waals surface area contributed by atoms with Gasteiger partial charge in [-0.15, -0.1) is 0 Å². The average Bonchev–Trinajstić information content (AvgIpc) is 2.51. The van der Waals surface area contributed by atoms with Gasteiger partial charge in [-0.25, -0.2) is 0 Å². The summed E-state index contributed by atoms with van der Waals surface area (Å²) in [6.45, 7) is 0. The first-order valence-electron chi connectivity index (χ1n) is 5.59. The van der Waals surface area contributed by atoms with Gasteiger partial charge in [0, 0.05) is 11.8 Å². The highest BCUT2D eigenvalue weighted by Crippen LogP contribution is 2.38. The number of aliphatic hydroxyl groups is 2. The van der Waals surface area contributed by atoms with E-state index in [0.29, 0.717) is 0 Å². The first-order valence-corrected chi connectivity index (χ1v) is 5.59. The summed E-state index contributed by atoms with van der Waals surface area (Å²) in [6.07, 6.45) is 6.43. The Morgan fingerprint density at radius 2 is 1.12 bits per heavy atom. The predicted molar refractivity (Wildman–Crippen MR) is 62.2 cm³/mol. The second-order valence-corrected chi connectivity index (χ2v) is 4.43. The number of rotatable bonds is 0. The molecule has 0 saturated carbocycles. The molecule has 0 amide bonds. The average molecular weight is 214 g/mol. The van der Waals surface area contributed by atoms with Crippen LogP contribution < -0.4 is 0 Å². The molecule has 0 heterocycles. The van der Waals surface area contributed by atoms with E-state index in [1.165, 1.54) is 0 Å². The lowest BCUT2D eigenvalue weighted by atomic mass is 9.89. The molecule has 3 rings (SSSR count). The van der Waals surface area contributed by atoms with Gasteiger partial charge in [-0.05, 0) is 11.1 Å². The Morgan fingerprint density at radius 3 is 1.56 bits per heavy atom. The van der Waals surface area contributed by atoms with Gasteiger partial charge < -0.3 is 10.2 Å². The third-order valence-corrected chi connectivity index (χ3v) is 3.48. The van der Waals surface area contributed by atoms with E-state index in [-0.39, 0.29) is 11.8 Å². The minimum absolute atomic E-state index is 0.0328. The van der Waals surface area contributed by atoms with Crippen LogP contribution in [-0.4, -0.2) is 22.4 Å². The van der Waals surface area contributed by atoms with Crippen molar-refractivity contribution in [2.24, 2.45) is 0 Å². The standard InChI is InChI=1S/C14H14O2/c15-13-8-6-12-10-4-2-1-3-9(10)11(13)5-7-14(12)16/h1-8,11-16H/t11-,12-,13-,14-/m0/s1. The molecular formula is C14H14O2. The Bertz CT molecular complexity index is 419. The van der Waals surface area contributed by atoms with E-state index in [0.717, 1.165) is 11.1 Å². The van der Waals surface area contributed by atoms with Gasteiger partial charge in [0.1, 0.15) is 0 Å². The number of hydrogen-bond donors (Lipinski definition) is 2. The molecule has 0 radical (unpaired) electrons. The second-order valence-electron chi connectivity index (χ2n) is 4.43. The molecular weight excluding hydrogens is 200 g/mol. The van der Waals surface area contributed by atoms with Crippen molar-refractivity contribution in [3.8, 4) is 0 Å². The van der Waals surface area contributed by atoms with Crippen LogP contribution in [0.4, 0.5) is 0 Å². The number of benzene rings is 1. The zero-order valence-corrected chi connectivity index (χ0v) is 8.82. The molecule has 1 aromatic rings. The molecule has 0 unspecified atom stereocenters. The molecule has 0 saturated heterocycles. The van der Waals surface area contributed by atoms with Crippen LogP contribution >= 0.6 is 0 Å². The summed E-state index contributed by atoms with van der Waals surface area (Å²) in [7, 11) is 0. The van der Waals surface area contributed by atoms with Gasteiger partial charge in [-0.2, -0.15) is 0 Å². The highest BCUT2D eigenvalue weighted by Gasteiger charge is 2.31. The maximum atomic E-state index is 10.0. The summed E-state index contributed by atoms with van der Waals surface area (Å²) < 4.78 is 0. The Balaban J connectivity index is 2.24. The highest BCUT2D eigenvalue weighted by atomic mass is 16.3. The molecule has 2 nitrogen and oxygen atoms in total. The molecule has 82 valence electrons. The van der Waals surface area contributed by atoms with E-state index in [9.17, 15) is 10.2 Å². The molecule has 1 aromatic carbocycles. The van der Waals surface area contributed by atoms with Crippen molar-refractivity contribution in [1.29, 1.82) is 0 Å². The van der Waals surface area contributed by atoms with Crippen molar-refractivity contribution in [1.82, 2.24) is 0 Å². The lowest BCUT2D eigenvalue weighted by molar-refractivity contribution is 0.197. The first kappa shape index (κ1) is 9.82. The first-order chi connectivity index (χ1) is 7.77. The Labute approximate surface area is 94.5 Å². The van der Waals surface area contributed by atoms with E-state index in [1.807, 2.05) is 36.4 Å². The largest absolute Gasteiger partial charge is 0.388 e. The molecule has 0 aliphatic heterocycles. The van der Waals surface area contributed by atoms with Crippen LogP contribution in [0, 0.1) is 0 Å². The molecule has 2 heteroatoms. The van der Waals surface area contributed by atoms with E-state index >= 15 is 0 Å². The van der Waals surface area contributed by atoms with Gasteiger partial charge in [0.25, 0.3) is 0 Å². The van der Waals surface area contributed by atoms with E-state index in [1.54, 1.807) is 12.2 Å². The van der Waals surface area contributed by atoms with Crippen LogP contribution in [0.2, 0.25) is 0 Å². The molecule has 0 spiro atoms. The van der Waals surface area contributed by atoms with Crippen LogP contribution in [0.25, 0.3) is 0 Å². The minimum Gasteiger partial charge on any atom is -0.388 e. The van der Waals surface area contributed by atoms with E-state index < -0.39 is 12.2 Å². The molecule has 4 atom stereocenters. The van der Waals surface area contributed by atoms with Crippen molar-refractivity contribution >= 4 is 0 Å². The van der Waals surface area contributed by atoms with Crippen LogP contribution in [0.15, 0.2) is 48.6 Å². The molecule has 2 aliphatic rings. The molecule has 0 fully saturated rings. The second kappa shape index (κ2) is 3.58.